The molecule has 0 radical (unpaired) electrons. The Balaban J connectivity index is 1.50. The summed E-state index contributed by atoms with van der Waals surface area (Å²) in [5, 5.41) is 2.93. The second-order valence-corrected chi connectivity index (χ2v) is 6.15. The molecular formula is C19H23N3O4. The van der Waals surface area contributed by atoms with E-state index < -0.39 is 0 Å². The summed E-state index contributed by atoms with van der Waals surface area (Å²) in [6.07, 6.45) is 5.09. The van der Waals surface area contributed by atoms with E-state index in [9.17, 15) is 9.59 Å². The van der Waals surface area contributed by atoms with Crippen LogP contribution >= 0.6 is 0 Å². The van der Waals surface area contributed by atoms with Crippen molar-refractivity contribution in [1.82, 2.24) is 15.2 Å². The van der Waals surface area contributed by atoms with E-state index in [1.807, 2.05) is 12.1 Å². The zero-order valence-electron chi connectivity index (χ0n) is 14.6. The van der Waals surface area contributed by atoms with Crippen LogP contribution in [-0.2, 0) is 9.53 Å². The zero-order valence-corrected chi connectivity index (χ0v) is 14.6. The van der Waals surface area contributed by atoms with Gasteiger partial charge >= 0.3 is 0 Å². The largest absolute Gasteiger partial charge is 0.468 e. The molecule has 3 rings (SSSR count). The predicted octanol–water partition coefficient (Wildman–Crippen LogP) is 1.83. The van der Waals surface area contributed by atoms with Gasteiger partial charge in [0.1, 0.15) is 5.76 Å². The van der Waals surface area contributed by atoms with Crippen molar-refractivity contribution in [1.29, 1.82) is 0 Å². The van der Waals surface area contributed by atoms with Crippen molar-refractivity contribution in [2.45, 2.75) is 18.9 Å². The molecule has 3 heterocycles. The summed E-state index contributed by atoms with van der Waals surface area (Å²) in [4.78, 5) is 30.4. The summed E-state index contributed by atoms with van der Waals surface area (Å²) in [5.41, 5.74) is 0.530. The van der Waals surface area contributed by atoms with Crippen LogP contribution < -0.4 is 5.32 Å². The Hall–Kier alpha value is -2.51. The van der Waals surface area contributed by atoms with Crippen molar-refractivity contribution < 1.29 is 18.7 Å². The maximum Gasteiger partial charge on any atom is 0.220 e. The summed E-state index contributed by atoms with van der Waals surface area (Å²) in [6, 6.07) is 7.14. The number of nitrogens with zero attached hydrogens (tertiary/aromatic N) is 2. The van der Waals surface area contributed by atoms with E-state index in [4.69, 9.17) is 9.15 Å². The number of nitrogens with one attached hydrogen (secondary N) is 1. The topological polar surface area (TPSA) is 84.7 Å². The van der Waals surface area contributed by atoms with Crippen LogP contribution in [0.15, 0.2) is 47.3 Å². The number of carbonyl (C=O) groups excluding carboxylic acids is 2. The van der Waals surface area contributed by atoms with E-state index in [2.05, 4.69) is 15.2 Å². The molecule has 138 valence electrons. The molecule has 0 aliphatic carbocycles. The van der Waals surface area contributed by atoms with Gasteiger partial charge in [0.05, 0.1) is 25.5 Å². The van der Waals surface area contributed by atoms with Crippen LogP contribution in [0.2, 0.25) is 0 Å². The molecule has 2 aromatic heterocycles. The third-order valence-electron chi connectivity index (χ3n) is 4.41. The molecule has 1 atom stereocenters. The molecule has 0 aromatic carbocycles. The molecule has 0 spiro atoms. The minimum absolute atomic E-state index is 0.0353. The summed E-state index contributed by atoms with van der Waals surface area (Å²) < 4.78 is 10.9. The Morgan fingerprint density at radius 1 is 1.19 bits per heavy atom. The Morgan fingerprint density at radius 3 is 2.73 bits per heavy atom. The maximum atomic E-state index is 12.2. The highest BCUT2D eigenvalue weighted by Crippen LogP contribution is 2.21. The molecule has 1 aliphatic rings. The molecule has 2 aromatic rings. The van der Waals surface area contributed by atoms with Gasteiger partial charge in [0.25, 0.3) is 0 Å². The lowest BCUT2D eigenvalue weighted by Crippen LogP contribution is -2.43. The fourth-order valence-electron chi connectivity index (χ4n) is 2.98. The number of Topliss-reactive ketones (excluding diaryl/α,β-unsaturated/α-hetero) is 1. The van der Waals surface area contributed by atoms with Gasteiger partial charge in [-0.2, -0.15) is 0 Å². The second-order valence-electron chi connectivity index (χ2n) is 6.15. The molecule has 0 saturated carbocycles. The monoisotopic (exact) mass is 357 g/mol. The van der Waals surface area contributed by atoms with Crippen molar-refractivity contribution in [2.24, 2.45) is 0 Å². The number of carbonyl (C=O) groups is 2. The third kappa shape index (κ3) is 5.00. The van der Waals surface area contributed by atoms with Crippen molar-refractivity contribution in [3.8, 4) is 0 Å². The molecule has 1 N–H and O–H groups in total. The minimum atomic E-state index is -0.146. The number of ether oxygens (including phenoxy) is 1. The number of ketones is 1. The summed E-state index contributed by atoms with van der Waals surface area (Å²) >= 11 is 0. The van der Waals surface area contributed by atoms with Crippen LogP contribution in [0.3, 0.4) is 0 Å². The lowest BCUT2D eigenvalue weighted by Gasteiger charge is -2.33. The quantitative estimate of drug-likeness (QED) is 0.726. The highest BCUT2D eigenvalue weighted by atomic mass is 16.5. The molecule has 7 nitrogen and oxygen atoms in total. The summed E-state index contributed by atoms with van der Waals surface area (Å²) in [7, 11) is 0. The van der Waals surface area contributed by atoms with Gasteiger partial charge in [0.2, 0.25) is 5.91 Å². The molecular weight excluding hydrogens is 334 g/mol. The van der Waals surface area contributed by atoms with Gasteiger partial charge in [-0.15, -0.1) is 0 Å². The van der Waals surface area contributed by atoms with E-state index in [0.717, 1.165) is 18.8 Å². The third-order valence-corrected chi connectivity index (χ3v) is 4.41. The highest BCUT2D eigenvalue weighted by molar-refractivity contribution is 5.97. The average molecular weight is 357 g/mol. The van der Waals surface area contributed by atoms with E-state index in [1.165, 1.54) is 6.20 Å². The number of amides is 1. The Morgan fingerprint density at radius 2 is 2.04 bits per heavy atom. The number of aromatic nitrogens is 1. The van der Waals surface area contributed by atoms with Gasteiger partial charge in [-0.3, -0.25) is 19.5 Å². The van der Waals surface area contributed by atoms with Crippen LogP contribution in [0.1, 0.15) is 35.0 Å². The fraction of sp³-hybridized carbons (Fsp3) is 0.421. The summed E-state index contributed by atoms with van der Waals surface area (Å²) in [5.74, 6) is 0.592. The molecule has 7 heteroatoms. The van der Waals surface area contributed by atoms with Crippen LogP contribution in [-0.4, -0.2) is 54.4 Å². The van der Waals surface area contributed by atoms with Gasteiger partial charge in [-0.25, -0.2) is 0 Å². The number of rotatable bonds is 8. The van der Waals surface area contributed by atoms with Gasteiger partial charge in [-0.05, 0) is 24.3 Å². The molecule has 1 amide bonds. The van der Waals surface area contributed by atoms with Crippen molar-refractivity contribution in [3.63, 3.8) is 0 Å². The Labute approximate surface area is 152 Å². The van der Waals surface area contributed by atoms with Crippen LogP contribution in [0, 0.1) is 0 Å². The number of furan rings is 1. The first-order valence-electron chi connectivity index (χ1n) is 8.79. The molecule has 1 saturated heterocycles. The van der Waals surface area contributed by atoms with Crippen molar-refractivity contribution in [3.05, 3.63) is 54.2 Å². The number of morpholine rings is 1. The SMILES string of the molecule is O=C(CCC(=O)c1cccnc1)NCC(c1ccco1)N1CCOCC1. The normalized spacial score (nSPS) is 16.2. The average Bonchev–Trinajstić information content (AvgIpc) is 3.22. The van der Waals surface area contributed by atoms with Crippen LogP contribution in [0.25, 0.3) is 0 Å². The van der Waals surface area contributed by atoms with Gasteiger partial charge in [0, 0.05) is 50.4 Å². The Bertz CT molecular complexity index is 697. The lowest BCUT2D eigenvalue weighted by atomic mass is 10.1. The van der Waals surface area contributed by atoms with Crippen molar-refractivity contribution in [2.75, 3.05) is 32.8 Å². The number of hydrogen-bond donors (Lipinski definition) is 1. The molecule has 1 aliphatic heterocycles. The maximum absolute atomic E-state index is 12.2. The van der Waals surface area contributed by atoms with E-state index in [-0.39, 0.29) is 30.6 Å². The highest BCUT2D eigenvalue weighted by Gasteiger charge is 2.25. The fourth-order valence-corrected chi connectivity index (χ4v) is 2.98. The van der Waals surface area contributed by atoms with Crippen molar-refractivity contribution >= 4 is 11.7 Å². The van der Waals surface area contributed by atoms with Crippen LogP contribution in [0.5, 0.6) is 0 Å². The minimum Gasteiger partial charge on any atom is -0.468 e. The first kappa shape index (κ1) is 18.3. The van der Waals surface area contributed by atoms with Gasteiger partial charge < -0.3 is 14.5 Å². The van der Waals surface area contributed by atoms with E-state index in [0.29, 0.717) is 25.3 Å². The first-order valence-corrected chi connectivity index (χ1v) is 8.79. The predicted molar refractivity (Wildman–Crippen MR) is 94.7 cm³/mol. The van der Waals surface area contributed by atoms with E-state index >= 15 is 0 Å². The van der Waals surface area contributed by atoms with Crippen LogP contribution in [0.4, 0.5) is 0 Å². The zero-order chi connectivity index (χ0) is 18.2. The first-order chi connectivity index (χ1) is 12.7. The smallest absolute Gasteiger partial charge is 0.220 e. The lowest BCUT2D eigenvalue weighted by molar-refractivity contribution is -0.121. The second kappa shape index (κ2) is 9.26. The molecule has 1 fully saturated rings. The molecule has 1 unspecified atom stereocenters. The van der Waals surface area contributed by atoms with E-state index in [1.54, 1.807) is 24.6 Å². The number of hydrogen-bond acceptors (Lipinski definition) is 6. The standard InChI is InChI=1S/C19H23N3O4/c23-17(15-3-1-7-20-13-15)5-6-19(24)21-14-16(18-4-2-10-26-18)22-8-11-25-12-9-22/h1-4,7,10,13,16H,5-6,8-9,11-12,14H2,(H,21,24). The molecule has 26 heavy (non-hydrogen) atoms. The van der Waals surface area contributed by atoms with Gasteiger partial charge in [0.15, 0.2) is 5.78 Å². The number of pyridine rings is 1. The Kier molecular flexibility index (Phi) is 6.51. The van der Waals surface area contributed by atoms with Gasteiger partial charge in [-0.1, -0.05) is 0 Å². The summed E-state index contributed by atoms with van der Waals surface area (Å²) in [6.45, 7) is 3.37. The molecule has 0 bridgehead atoms.